The van der Waals surface area contributed by atoms with Crippen LogP contribution < -0.4 is 5.32 Å². The van der Waals surface area contributed by atoms with Crippen LogP contribution in [0.3, 0.4) is 0 Å². The molecule has 2 heteroatoms. The molecule has 2 bridgehead atoms. The summed E-state index contributed by atoms with van der Waals surface area (Å²) in [6, 6.07) is 7.57. The van der Waals surface area contributed by atoms with Crippen molar-refractivity contribution < 1.29 is 0 Å². The number of hydrogen-bond donors (Lipinski definition) is 1. The molecule has 3 aliphatic heterocycles. The second-order valence-electron chi connectivity index (χ2n) is 6.54. The van der Waals surface area contributed by atoms with Gasteiger partial charge in [-0.2, -0.15) is 0 Å². The van der Waals surface area contributed by atoms with E-state index in [9.17, 15) is 0 Å². The molecule has 19 heavy (non-hydrogen) atoms. The molecule has 3 saturated heterocycles. The van der Waals surface area contributed by atoms with Gasteiger partial charge in [-0.15, -0.1) is 0 Å². The summed E-state index contributed by atoms with van der Waals surface area (Å²) in [4.78, 5) is 2.63. The highest BCUT2D eigenvalue weighted by Crippen LogP contribution is 2.33. The molecule has 0 aromatic heterocycles. The Hall–Kier alpha value is -1.02. The summed E-state index contributed by atoms with van der Waals surface area (Å²) >= 11 is 0. The lowest BCUT2D eigenvalue weighted by molar-refractivity contribution is 0.0975. The number of fused-ring (bicyclic) bond motifs is 4. The van der Waals surface area contributed by atoms with Gasteiger partial charge in [-0.25, -0.2) is 0 Å². The fraction of sp³-hybridized carbons (Fsp3) is 0.647. The predicted octanol–water partition coefficient (Wildman–Crippen LogP) is 3.07. The topological polar surface area (TPSA) is 15.3 Å². The largest absolute Gasteiger partial charge is 0.381 e. The van der Waals surface area contributed by atoms with Gasteiger partial charge in [0.25, 0.3) is 0 Å². The van der Waals surface area contributed by atoms with Crippen LogP contribution >= 0.6 is 0 Å². The van der Waals surface area contributed by atoms with Gasteiger partial charge in [0.05, 0.1) is 0 Å². The van der Waals surface area contributed by atoms with Gasteiger partial charge < -0.3 is 10.2 Å². The lowest BCUT2D eigenvalue weighted by Gasteiger charge is -2.45. The van der Waals surface area contributed by atoms with Crippen molar-refractivity contribution in [2.24, 2.45) is 5.92 Å². The summed E-state index contributed by atoms with van der Waals surface area (Å²) in [5.74, 6) is 0.907. The summed E-state index contributed by atoms with van der Waals surface area (Å²) in [7, 11) is 0. The van der Waals surface area contributed by atoms with Crippen LogP contribution in [-0.4, -0.2) is 30.6 Å². The molecule has 1 aromatic rings. The Labute approximate surface area is 116 Å². The lowest BCUT2D eigenvalue weighted by Crippen LogP contribution is -2.53. The van der Waals surface area contributed by atoms with E-state index in [0.717, 1.165) is 5.92 Å². The van der Waals surface area contributed by atoms with Crippen molar-refractivity contribution in [3.63, 3.8) is 0 Å². The standard InChI is InChI=1S/C17H24N2/c1-2-6-15-13(4-1)5-3-7-16(15)18-17-12-19-10-8-14(17)9-11-19/h3,5,7,14,17-18H,1-2,4,6,8-12H2. The van der Waals surface area contributed by atoms with Crippen LogP contribution in [0.4, 0.5) is 5.69 Å². The molecule has 5 rings (SSSR count). The number of hydrogen-bond acceptors (Lipinski definition) is 2. The lowest BCUT2D eigenvalue weighted by atomic mass is 9.83. The summed E-state index contributed by atoms with van der Waals surface area (Å²) in [6.07, 6.45) is 8.09. The minimum absolute atomic E-state index is 0.691. The highest BCUT2D eigenvalue weighted by atomic mass is 15.2. The molecular formula is C17H24N2. The molecular weight excluding hydrogens is 232 g/mol. The van der Waals surface area contributed by atoms with Gasteiger partial charge >= 0.3 is 0 Å². The number of nitrogens with zero attached hydrogens (tertiary/aromatic N) is 1. The van der Waals surface area contributed by atoms with Crippen molar-refractivity contribution >= 4 is 5.69 Å². The molecule has 3 fully saturated rings. The normalized spacial score (nSPS) is 32.9. The fourth-order valence-electron chi connectivity index (χ4n) is 4.24. The average molecular weight is 256 g/mol. The Balaban J connectivity index is 1.57. The molecule has 3 heterocycles. The third-order valence-corrected chi connectivity index (χ3v) is 5.39. The van der Waals surface area contributed by atoms with E-state index in [1.165, 1.54) is 63.8 Å². The first-order chi connectivity index (χ1) is 9.40. The molecule has 1 N–H and O–H groups in total. The number of piperidine rings is 3. The number of nitrogens with one attached hydrogen (secondary N) is 1. The van der Waals surface area contributed by atoms with Crippen LogP contribution in [-0.2, 0) is 12.8 Å². The van der Waals surface area contributed by atoms with Crippen molar-refractivity contribution in [1.82, 2.24) is 4.90 Å². The monoisotopic (exact) mass is 256 g/mol. The first-order valence-corrected chi connectivity index (χ1v) is 8.00. The molecule has 102 valence electrons. The number of rotatable bonds is 2. The highest BCUT2D eigenvalue weighted by molar-refractivity contribution is 5.56. The minimum atomic E-state index is 0.691. The number of benzene rings is 1. The van der Waals surface area contributed by atoms with E-state index < -0.39 is 0 Å². The Kier molecular flexibility index (Phi) is 2.99. The van der Waals surface area contributed by atoms with E-state index in [2.05, 4.69) is 28.4 Å². The first kappa shape index (κ1) is 11.8. The van der Waals surface area contributed by atoms with E-state index >= 15 is 0 Å². The maximum Gasteiger partial charge on any atom is 0.0417 e. The maximum absolute atomic E-state index is 3.90. The van der Waals surface area contributed by atoms with E-state index in [1.54, 1.807) is 11.1 Å². The van der Waals surface area contributed by atoms with E-state index in [4.69, 9.17) is 0 Å². The van der Waals surface area contributed by atoms with E-state index in [-0.39, 0.29) is 0 Å². The summed E-state index contributed by atoms with van der Waals surface area (Å²) in [5, 5.41) is 3.90. The molecule has 0 saturated carbocycles. The average Bonchev–Trinajstić information content (AvgIpc) is 2.49. The third-order valence-electron chi connectivity index (χ3n) is 5.39. The minimum Gasteiger partial charge on any atom is -0.381 e. The third kappa shape index (κ3) is 2.16. The second-order valence-corrected chi connectivity index (χ2v) is 6.54. The molecule has 0 spiro atoms. The summed E-state index contributed by atoms with van der Waals surface area (Å²) in [6.45, 7) is 3.92. The van der Waals surface area contributed by atoms with Crippen molar-refractivity contribution in [3.05, 3.63) is 29.3 Å². The van der Waals surface area contributed by atoms with Crippen molar-refractivity contribution in [3.8, 4) is 0 Å². The van der Waals surface area contributed by atoms with Crippen LogP contribution in [0.1, 0.15) is 36.8 Å². The highest BCUT2D eigenvalue weighted by Gasteiger charge is 2.34. The van der Waals surface area contributed by atoms with Crippen LogP contribution in [0.2, 0.25) is 0 Å². The van der Waals surface area contributed by atoms with Crippen LogP contribution in [0.15, 0.2) is 18.2 Å². The second kappa shape index (κ2) is 4.82. The SMILES string of the molecule is c1cc2c(c(NC3CN4CCC3CC4)c1)CCCC2. The fourth-order valence-corrected chi connectivity index (χ4v) is 4.24. The molecule has 1 aliphatic carbocycles. The van der Waals surface area contributed by atoms with Crippen molar-refractivity contribution in [2.45, 2.75) is 44.6 Å². The van der Waals surface area contributed by atoms with Gasteiger partial charge in [-0.05, 0) is 74.7 Å². The Bertz CT molecular complexity index is 460. The molecule has 4 aliphatic rings. The summed E-state index contributed by atoms with van der Waals surface area (Å²) in [5.41, 5.74) is 4.65. The Morgan fingerprint density at radius 3 is 2.68 bits per heavy atom. The zero-order valence-corrected chi connectivity index (χ0v) is 11.7. The van der Waals surface area contributed by atoms with Gasteiger partial charge in [-0.3, -0.25) is 0 Å². The van der Waals surface area contributed by atoms with Gasteiger partial charge in [-0.1, -0.05) is 12.1 Å². The summed E-state index contributed by atoms with van der Waals surface area (Å²) < 4.78 is 0. The maximum atomic E-state index is 3.90. The molecule has 1 atom stereocenters. The van der Waals surface area contributed by atoms with E-state index in [0.29, 0.717) is 6.04 Å². The Morgan fingerprint density at radius 1 is 1.05 bits per heavy atom. The van der Waals surface area contributed by atoms with Gasteiger partial charge in [0, 0.05) is 18.3 Å². The Morgan fingerprint density at radius 2 is 1.89 bits per heavy atom. The molecule has 0 radical (unpaired) electrons. The zero-order chi connectivity index (χ0) is 12.7. The van der Waals surface area contributed by atoms with Gasteiger partial charge in [0.15, 0.2) is 0 Å². The molecule has 1 unspecified atom stereocenters. The van der Waals surface area contributed by atoms with Crippen LogP contribution in [0.5, 0.6) is 0 Å². The molecule has 2 nitrogen and oxygen atoms in total. The van der Waals surface area contributed by atoms with Crippen molar-refractivity contribution in [1.29, 1.82) is 0 Å². The number of anilines is 1. The van der Waals surface area contributed by atoms with Crippen molar-refractivity contribution in [2.75, 3.05) is 25.0 Å². The zero-order valence-electron chi connectivity index (χ0n) is 11.7. The molecule has 0 amide bonds. The van der Waals surface area contributed by atoms with E-state index in [1.807, 2.05) is 0 Å². The van der Waals surface area contributed by atoms with Crippen LogP contribution in [0, 0.1) is 5.92 Å². The van der Waals surface area contributed by atoms with Gasteiger partial charge in [0.2, 0.25) is 0 Å². The quantitative estimate of drug-likeness (QED) is 0.875. The molecule has 1 aromatic carbocycles. The van der Waals surface area contributed by atoms with Crippen LogP contribution in [0.25, 0.3) is 0 Å². The van der Waals surface area contributed by atoms with Gasteiger partial charge in [0.1, 0.15) is 0 Å². The smallest absolute Gasteiger partial charge is 0.0417 e. The first-order valence-electron chi connectivity index (χ1n) is 8.00. The number of aryl methyl sites for hydroxylation is 1. The predicted molar refractivity (Wildman–Crippen MR) is 79.7 cm³/mol.